The van der Waals surface area contributed by atoms with E-state index in [0.29, 0.717) is 13.1 Å². The van der Waals surface area contributed by atoms with Gasteiger partial charge in [0.05, 0.1) is 36.8 Å². The molecule has 5 aromatic rings. The van der Waals surface area contributed by atoms with Crippen LogP contribution in [0.1, 0.15) is 39.7 Å². The fourth-order valence-electron chi connectivity index (χ4n) is 5.30. The van der Waals surface area contributed by atoms with Gasteiger partial charge in [0.2, 0.25) is 0 Å². The zero-order valence-corrected chi connectivity index (χ0v) is 22.3. The summed E-state index contributed by atoms with van der Waals surface area (Å²) in [5, 5.41) is 8.10. The SMILES string of the molecule is COc1cccc([C@@H]2c3cccn3-c3c(c(C)nn3-c3ccccc3)CN2C(=O)NCc2ccc(C)cc2)c1. The molecule has 0 saturated heterocycles. The van der Waals surface area contributed by atoms with E-state index in [1.807, 2.05) is 71.1 Å². The molecule has 39 heavy (non-hydrogen) atoms. The van der Waals surface area contributed by atoms with Crippen molar-refractivity contribution in [1.29, 1.82) is 0 Å². The van der Waals surface area contributed by atoms with E-state index < -0.39 is 0 Å². The van der Waals surface area contributed by atoms with Crippen LogP contribution in [0.4, 0.5) is 4.79 Å². The number of fused-ring (bicyclic) bond motifs is 3. The van der Waals surface area contributed by atoms with Crippen LogP contribution in [0, 0.1) is 13.8 Å². The van der Waals surface area contributed by atoms with E-state index in [4.69, 9.17) is 9.84 Å². The first-order valence-corrected chi connectivity index (χ1v) is 13.1. The van der Waals surface area contributed by atoms with E-state index in [2.05, 4.69) is 59.4 Å². The molecule has 0 bridgehead atoms. The van der Waals surface area contributed by atoms with Crippen molar-refractivity contribution in [2.24, 2.45) is 0 Å². The summed E-state index contributed by atoms with van der Waals surface area (Å²) < 4.78 is 9.70. The van der Waals surface area contributed by atoms with Gasteiger partial charge in [-0.3, -0.25) is 0 Å². The van der Waals surface area contributed by atoms with E-state index in [-0.39, 0.29) is 12.1 Å². The van der Waals surface area contributed by atoms with Crippen molar-refractivity contribution < 1.29 is 9.53 Å². The van der Waals surface area contributed by atoms with Gasteiger partial charge >= 0.3 is 6.03 Å². The average molecular weight is 518 g/mol. The third-order valence-electron chi connectivity index (χ3n) is 7.32. The number of hydrogen-bond acceptors (Lipinski definition) is 3. The Hall–Kier alpha value is -4.78. The third-order valence-corrected chi connectivity index (χ3v) is 7.32. The van der Waals surface area contributed by atoms with Crippen molar-refractivity contribution in [3.63, 3.8) is 0 Å². The number of carbonyl (C=O) groups is 1. The van der Waals surface area contributed by atoms with Crippen molar-refractivity contribution >= 4 is 6.03 Å². The molecule has 1 aliphatic heterocycles. The lowest BCUT2D eigenvalue weighted by Gasteiger charge is -2.31. The molecule has 3 heterocycles. The predicted molar refractivity (Wildman–Crippen MR) is 151 cm³/mol. The van der Waals surface area contributed by atoms with Gasteiger partial charge in [-0.1, -0.05) is 60.2 Å². The maximum Gasteiger partial charge on any atom is 0.318 e. The van der Waals surface area contributed by atoms with Crippen LogP contribution in [0.25, 0.3) is 11.5 Å². The van der Waals surface area contributed by atoms with E-state index in [1.54, 1.807) is 7.11 Å². The zero-order chi connectivity index (χ0) is 26.9. The van der Waals surface area contributed by atoms with Gasteiger partial charge in [-0.25, -0.2) is 9.48 Å². The summed E-state index contributed by atoms with van der Waals surface area (Å²) in [6, 6.07) is 29.9. The van der Waals surface area contributed by atoms with Crippen molar-refractivity contribution in [3.8, 4) is 17.3 Å². The predicted octanol–water partition coefficient (Wildman–Crippen LogP) is 6.10. The Kier molecular flexibility index (Phi) is 6.40. The van der Waals surface area contributed by atoms with Gasteiger partial charge < -0.3 is 19.5 Å². The summed E-state index contributed by atoms with van der Waals surface area (Å²) >= 11 is 0. The van der Waals surface area contributed by atoms with Crippen LogP contribution in [0.5, 0.6) is 5.75 Å². The number of para-hydroxylation sites is 1. The minimum atomic E-state index is -0.343. The number of rotatable bonds is 5. The van der Waals surface area contributed by atoms with Crippen LogP contribution in [0.2, 0.25) is 0 Å². The molecule has 3 aromatic carbocycles. The van der Waals surface area contributed by atoms with Gasteiger partial charge in [-0.2, -0.15) is 5.10 Å². The highest BCUT2D eigenvalue weighted by atomic mass is 16.5. The second-order valence-electron chi connectivity index (χ2n) is 9.89. The molecule has 1 aliphatic rings. The van der Waals surface area contributed by atoms with Crippen molar-refractivity contribution in [3.05, 3.63) is 131 Å². The minimum Gasteiger partial charge on any atom is -0.497 e. The molecular formula is C32H31N5O2. The Bertz CT molecular complexity index is 1620. The van der Waals surface area contributed by atoms with Gasteiger partial charge in [0.25, 0.3) is 0 Å². The number of methoxy groups -OCH3 is 1. The summed E-state index contributed by atoms with van der Waals surface area (Å²) in [7, 11) is 1.66. The average Bonchev–Trinajstić information content (AvgIpc) is 3.53. The first-order valence-electron chi connectivity index (χ1n) is 13.1. The lowest BCUT2D eigenvalue weighted by Crippen LogP contribution is -2.41. The van der Waals surface area contributed by atoms with Crippen LogP contribution in [-0.4, -0.2) is 32.4 Å². The number of nitrogens with zero attached hydrogens (tertiary/aromatic N) is 4. The maximum absolute atomic E-state index is 14.0. The number of carbonyl (C=O) groups excluding carboxylic acids is 1. The molecule has 0 fully saturated rings. The topological polar surface area (TPSA) is 64.3 Å². The van der Waals surface area contributed by atoms with Crippen molar-refractivity contribution in [2.45, 2.75) is 33.0 Å². The van der Waals surface area contributed by atoms with Gasteiger partial charge in [0.15, 0.2) is 0 Å². The van der Waals surface area contributed by atoms with Gasteiger partial charge in [0.1, 0.15) is 11.6 Å². The van der Waals surface area contributed by atoms with Gasteiger partial charge in [-0.15, -0.1) is 0 Å². The quantitative estimate of drug-likeness (QED) is 0.306. The summed E-state index contributed by atoms with van der Waals surface area (Å²) in [6.45, 7) is 4.91. The van der Waals surface area contributed by atoms with Crippen molar-refractivity contribution in [2.75, 3.05) is 7.11 Å². The highest BCUT2D eigenvalue weighted by Gasteiger charge is 2.36. The lowest BCUT2D eigenvalue weighted by molar-refractivity contribution is 0.180. The highest BCUT2D eigenvalue weighted by molar-refractivity contribution is 5.76. The number of benzene rings is 3. The van der Waals surface area contributed by atoms with Crippen LogP contribution in [-0.2, 0) is 13.1 Å². The van der Waals surface area contributed by atoms with Gasteiger partial charge in [-0.05, 0) is 61.4 Å². The zero-order valence-electron chi connectivity index (χ0n) is 22.3. The number of aromatic nitrogens is 3. The molecule has 7 nitrogen and oxygen atoms in total. The van der Waals surface area contributed by atoms with Crippen molar-refractivity contribution in [1.82, 2.24) is 24.6 Å². The molecule has 0 saturated carbocycles. The molecule has 196 valence electrons. The largest absolute Gasteiger partial charge is 0.497 e. The number of ether oxygens (including phenoxy) is 1. The smallest absolute Gasteiger partial charge is 0.318 e. The first kappa shape index (κ1) is 24.6. The second kappa shape index (κ2) is 10.2. The highest BCUT2D eigenvalue weighted by Crippen LogP contribution is 2.39. The fourth-order valence-corrected chi connectivity index (χ4v) is 5.30. The van der Waals surface area contributed by atoms with E-state index in [1.165, 1.54) is 5.56 Å². The number of amides is 2. The normalized spacial score (nSPS) is 14.3. The molecule has 1 atom stereocenters. The molecule has 0 spiro atoms. The summed E-state index contributed by atoms with van der Waals surface area (Å²) in [5.74, 6) is 1.69. The fraction of sp³-hybridized carbons (Fsp3) is 0.188. The molecule has 0 radical (unpaired) electrons. The van der Waals surface area contributed by atoms with Gasteiger partial charge in [0, 0.05) is 18.3 Å². The number of hydrogen-bond donors (Lipinski definition) is 1. The Balaban J connectivity index is 1.48. The Morgan fingerprint density at radius 2 is 1.77 bits per heavy atom. The Morgan fingerprint density at radius 1 is 0.974 bits per heavy atom. The van der Waals surface area contributed by atoms with E-state index in [0.717, 1.165) is 45.3 Å². The third kappa shape index (κ3) is 4.56. The van der Waals surface area contributed by atoms with Crippen LogP contribution in [0.15, 0.2) is 97.2 Å². The van der Waals surface area contributed by atoms with E-state index >= 15 is 0 Å². The summed E-state index contributed by atoms with van der Waals surface area (Å²) in [5.41, 5.74) is 7.06. The number of urea groups is 1. The standard InChI is InChI=1S/C32H31N5O2/c1-22-14-16-24(17-15-22)20-33-32(38)36-21-28-23(2)34-37(26-10-5-4-6-11-26)31(28)35-18-8-13-29(35)30(36)25-9-7-12-27(19-25)39-3/h4-19,30H,20-21H2,1-3H3,(H,33,38)/t30-/m1/s1. The molecule has 6 rings (SSSR count). The molecule has 0 aliphatic carbocycles. The second-order valence-corrected chi connectivity index (χ2v) is 9.89. The van der Waals surface area contributed by atoms with Crippen LogP contribution in [0.3, 0.4) is 0 Å². The van der Waals surface area contributed by atoms with Crippen LogP contribution >= 0.6 is 0 Å². The molecule has 1 N–H and O–H groups in total. The molecular weight excluding hydrogens is 486 g/mol. The van der Waals surface area contributed by atoms with Crippen LogP contribution < -0.4 is 10.1 Å². The molecule has 0 unspecified atom stereocenters. The summed E-state index contributed by atoms with van der Waals surface area (Å²) in [6.07, 6.45) is 2.05. The number of nitrogens with one attached hydrogen (secondary N) is 1. The minimum absolute atomic E-state index is 0.143. The maximum atomic E-state index is 14.0. The Morgan fingerprint density at radius 3 is 2.54 bits per heavy atom. The molecule has 2 amide bonds. The molecule has 7 heteroatoms. The first-order chi connectivity index (χ1) is 19.0. The molecule has 2 aromatic heterocycles. The lowest BCUT2D eigenvalue weighted by atomic mass is 10.0. The monoisotopic (exact) mass is 517 g/mol. The Labute approximate surface area is 228 Å². The van der Waals surface area contributed by atoms with E-state index in [9.17, 15) is 4.79 Å². The summed E-state index contributed by atoms with van der Waals surface area (Å²) in [4.78, 5) is 15.9. The number of aryl methyl sites for hydroxylation is 2.